The molecular formula is C11H9ClFNO. The van der Waals surface area contributed by atoms with Crippen molar-refractivity contribution in [3.8, 4) is 6.07 Å². The minimum absolute atomic E-state index is 0.0843. The summed E-state index contributed by atoms with van der Waals surface area (Å²) in [6, 6.07) is 6.14. The average Bonchev–Trinajstić information content (AvgIpc) is 2.22. The number of ether oxygens (including phenoxy) is 1. The first kappa shape index (κ1) is 11.5. The van der Waals surface area contributed by atoms with E-state index in [0.29, 0.717) is 5.76 Å². The van der Waals surface area contributed by atoms with Gasteiger partial charge in [0.25, 0.3) is 0 Å². The normalized spacial score (nSPS) is 11.7. The lowest BCUT2D eigenvalue weighted by Crippen LogP contribution is -1.94. The first-order valence-electron chi connectivity index (χ1n) is 4.21. The van der Waals surface area contributed by atoms with Crippen molar-refractivity contribution in [2.75, 3.05) is 7.11 Å². The van der Waals surface area contributed by atoms with E-state index >= 15 is 0 Å². The first-order valence-corrected chi connectivity index (χ1v) is 4.59. The molecule has 0 aliphatic heterocycles. The van der Waals surface area contributed by atoms with Crippen molar-refractivity contribution >= 4 is 17.2 Å². The standard InChI is InChI=1S/C11H9ClFNO/c1-7(15-2)8(6-14)11-9(12)4-3-5-10(11)13/h3-5H,1-2H3/b8-7+. The highest BCUT2D eigenvalue weighted by Gasteiger charge is 2.14. The number of nitrogens with zero attached hydrogens (tertiary/aromatic N) is 1. The number of hydrogen-bond donors (Lipinski definition) is 0. The molecule has 0 atom stereocenters. The van der Waals surface area contributed by atoms with Crippen LogP contribution in [-0.2, 0) is 4.74 Å². The summed E-state index contributed by atoms with van der Waals surface area (Å²) < 4.78 is 18.4. The van der Waals surface area contributed by atoms with Crippen LogP contribution in [0.1, 0.15) is 12.5 Å². The Labute approximate surface area is 92.5 Å². The highest BCUT2D eigenvalue weighted by Crippen LogP contribution is 2.28. The van der Waals surface area contributed by atoms with Gasteiger partial charge in [0.05, 0.1) is 17.7 Å². The quantitative estimate of drug-likeness (QED) is 0.571. The maximum absolute atomic E-state index is 13.5. The van der Waals surface area contributed by atoms with E-state index in [0.717, 1.165) is 0 Å². The SMILES string of the molecule is CO/C(C)=C(\C#N)c1c(F)cccc1Cl. The van der Waals surface area contributed by atoms with E-state index in [1.165, 1.54) is 25.3 Å². The maximum atomic E-state index is 13.5. The molecule has 0 aliphatic rings. The first-order chi connectivity index (χ1) is 7.11. The average molecular weight is 226 g/mol. The van der Waals surface area contributed by atoms with E-state index in [1.54, 1.807) is 6.92 Å². The Morgan fingerprint density at radius 3 is 2.67 bits per heavy atom. The van der Waals surface area contributed by atoms with Gasteiger partial charge in [0.2, 0.25) is 0 Å². The van der Waals surface area contributed by atoms with Crippen molar-refractivity contribution in [3.05, 3.63) is 40.4 Å². The van der Waals surface area contributed by atoms with Gasteiger partial charge in [-0.15, -0.1) is 0 Å². The molecule has 0 spiro atoms. The Balaban J connectivity index is 3.45. The van der Waals surface area contributed by atoms with Gasteiger partial charge in [-0.3, -0.25) is 0 Å². The summed E-state index contributed by atoms with van der Waals surface area (Å²) >= 11 is 5.82. The second kappa shape index (κ2) is 4.81. The molecule has 1 rings (SSSR count). The van der Waals surface area contributed by atoms with Gasteiger partial charge in [-0.05, 0) is 19.1 Å². The minimum atomic E-state index is -0.532. The largest absolute Gasteiger partial charge is 0.500 e. The van der Waals surface area contributed by atoms with Crippen LogP contribution in [-0.4, -0.2) is 7.11 Å². The lowest BCUT2D eigenvalue weighted by molar-refractivity contribution is 0.296. The van der Waals surface area contributed by atoms with Gasteiger partial charge >= 0.3 is 0 Å². The zero-order valence-electron chi connectivity index (χ0n) is 8.34. The zero-order chi connectivity index (χ0) is 11.4. The predicted molar refractivity (Wildman–Crippen MR) is 56.6 cm³/mol. The van der Waals surface area contributed by atoms with Crippen molar-refractivity contribution in [2.24, 2.45) is 0 Å². The van der Waals surface area contributed by atoms with Crippen LogP contribution in [0.15, 0.2) is 24.0 Å². The van der Waals surface area contributed by atoms with Gasteiger partial charge in [0.15, 0.2) is 0 Å². The summed E-state index contributed by atoms with van der Waals surface area (Å²) in [5.74, 6) is -0.194. The van der Waals surface area contributed by atoms with Gasteiger partial charge in [-0.2, -0.15) is 5.26 Å². The van der Waals surface area contributed by atoms with Crippen molar-refractivity contribution in [1.82, 2.24) is 0 Å². The Kier molecular flexibility index (Phi) is 3.70. The van der Waals surface area contributed by atoms with Crippen LogP contribution in [0.5, 0.6) is 0 Å². The molecule has 4 heteroatoms. The minimum Gasteiger partial charge on any atom is -0.500 e. The number of hydrogen-bond acceptors (Lipinski definition) is 2. The molecule has 1 aromatic rings. The van der Waals surface area contributed by atoms with E-state index in [1.807, 2.05) is 6.07 Å². The van der Waals surface area contributed by atoms with Crippen molar-refractivity contribution < 1.29 is 9.13 Å². The number of rotatable bonds is 2. The Morgan fingerprint density at radius 2 is 2.20 bits per heavy atom. The van der Waals surface area contributed by atoms with E-state index in [-0.39, 0.29) is 16.2 Å². The van der Waals surface area contributed by atoms with Crippen LogP contribution in [0.25, 0.3) is 5.57 Å². The second-order valence-corrected chi connectivity index (χ2v) is 3.25. The second-order valence-electron chi connectivity index (χ2n) is 2.84. The molecule has 0 fully saturated rings. The fourth-order valence-electron chi connectivity index (χ4n) is 1.15. The molecule has 0 aromatic heterocycles. The van der Waals surface area contributed by atoms with Gasteiger partial charge in [-0.25, -0.2) is 4.39 Å². The third kappa shape index (κ3) is 2.28. The van der Waals surface area contributed by atoms with Crippen LogP contribution in [0.2, 0.25) is 5.02 Å². The molecular weight excluding hydrogens is 217 g/mol. The molecule has 0 saturated carbocycles. The summed E-state index contributed by atoms with van der Waals surface area (Å²) in [5, 5.41) is 9.11. The maximum Gasteiger partial charge on any atom is 0.133 e. The molecule has 2 nitrogen and oxygen atoms in total. The molecule has 0 saturated heterocycles. The smallest absolute Gasteiger partial charge is 0.133 e. The summed E-state index contributed by atoms with van der Waals surface area (Å²) in [6.07, 6.45) is 0. The van der Waals surface area contributed by atoms with Crippen molar-refractivity contribution in [3.63, 3.8) is 0 Å². The third-order valence-electron chi connectivity index (χ3n) is 1.98. The van der Waals surface area contributed by atoms with Crippen LogP contribution < -0.4 is 0 Å². The molecule has 0 heterocycles. The molecule has 0 amide bonds. The summed E-state index contributed by atoms with van der Waals surface area (Å²) in [4.78, 5) is 0. The summed E-state index contributed by atoms with van der Waals surface area (Å²) in [7, 11) is 1.42. The van der Waals surface area contributed by atoms with Crippen molar-refractivity contribution in [1.29, 1.82) is 5.26 Å². The number of nitriles is 1. The number of allylic oxidation sites excluding steroid dienone is 2. The van der Waals surface area contributed by atoms with Crippen molar-refractivity contribution in [2.45, 2.75) is 6.92 Å². The summed E-state index contributed by atoms with van der Waals surface area (Å²) in [5.41, 5.74) is 0.196. The summed E-state index contributed by atoms with van der Waals surface area (Å²) in [6.45, 7) is 1.58. The predicted octanol–water partition coefficient (Wildman–Crippen LogP) is 3.38. The van der Waals surface area contributed by atoms with Gasteiger partial charge < -0.3 is 4.74 Å². The lowest BCUT2D eigenvalue weighted by Gasteiger charge is -2.07. The molecule has 15 heavy (non-hydrogen) atoms. The highest BCUT2D eigenvalue weighted by atomic mass is 35.5. The number of methoxy groups -OCH3 is 1. The van der Waals surface area contributed by atoms with Gasteiger partial charge in [0, 0.05) is 0 Å². The number of benzene rings is 1. The monoisotopic (exact) mass is 225 g/mol. The van der Waals surface area contributed by atoms with Crippen LogP contribution in [0, 0.1) is 17.1 Å². The Hall–Kier alpha value is -1.53. The molecule has 1 aromatic carbocycles. The Morgan fingerprint density at radius 1 is 1.53 bits per heavy atom. The van der Waals surface area contributed by atoms with Gasteiger partial charge in [0.1, 0.15) is 23.2 Å². The molecule has 78 valence electrons. The number of halogens is 2. The third-order valence-corrected chi connectivity index (χ3v) is 2.30. The van der Waals surface area contributed by atoms with Gasteiger partial charge in [-0.1, -0.05) is 17.7 Å². The fourth-order valence-corrected chi connectivity index (χ4v) is 1.41. The molecule has 0 unspecified atom stereocenters. The van der Waals surface area contributed by atoms with E-state index in [9.17, 15) is 4.39 Å². The molecule has 0 bridgehead atoms. The van der Waals surface area contributed by atoms with Crippen LogP contribution >= 0.6 is 11.6 Å². The topological polar surface area (TPSA) is 33.0 Å². The fraction of sp³-hybridized carbons (Fsp3) is 0.182. The molecule has 0 N–H and O–H groups in total. The van der Waals surface area contributed by atoms with Crippen LogP contribution in [0.4, 0.5) is 4.39 Å². The van der Waals surface area contributed by atoms with E-state index in [2.05, 4.69) is 0 Å². The van der Waals surface area contributed by atoms with E-state index in [4.69, 9.17) is 21.6 Å². The zero-order valence-corrected chi connectivity index (χ0v) is 9.10. The molecule has 0 aliphatic carbocycles. The molecule has 0 radical (unpaired) electrons. The van der Waals surface area contributed by atoms with E-state index < -0.39 is 5.82 Å². The Bertz CT molecular complexity index is 428. The highest BCUT2D eigenvalue weighted by molar-refractivity contribution is 6.32. The van der Waals surface area contributed by atoms with Crippen LogP contribution in [0.3, 0.4) is 0 Å². The lowest BCUT2D eigenvalue weighted by atomic mass is 10.1.